The molecule has 2 aromatic carbocycles. The summed E-state index contributed by atoms with van der Waals surface area (Å²) >= 11 is 7.98. The zero-order valence-electron chi connectivity index (χ0n) is 13.7. The maximum absolute atomic E-state index is 12.3. The molecule has 1 aliphatic rings. The van der Waals surface area contributed by atoms with Gasteiger partial charge in [-0.25, -0.2) is 0 Å². The fraction of sp³-hybridized carbons (Fsp3) is 0.158. The molecule has 3 rings (SSSR count). The molecule has 0 aliphatic carbocycles. The van der Waals surface area contributed by atoms with Crippen LogP contribution < -0.4 is 10.2 Å². The number of anilines is 1. The topological polar surface area (TPSA) is 56.1 Å². The first-order valence-corrected chi connectivity index (χ1v) is 8.92. The van der Waals surface area contributed by atoms with Crippen LogP contribution in [0.3, 0.4) is 0 Å². The number of hydrogen-bond donors (Lipinski definition) is 2. The molecule has 1 heterocycles. The number of rotatable bonds is 2. The molecule has 0 fully saturated rings. The van der Waals surface area contributed by atoms with Gasteiger partial charge in [0.15, 0.2) is 0 Å². The van der Waals surface area contributed by atoms with Gasteiger partial charge in [-0.1, -0.05) is 34.1 Å². The Kier molecular flexibility index (Phi) is 4.89. The van der Waals surface area contributed by atoms with Gasteiger partial charge < -0.3 is 10.2 Å². The molecule has 0 radical (unpaired) electrons. The maximum Gasteiger partial charge on any atom is 0.266 e. The van der Waals surface area contributed by atoms with Gasteiger partial charge in [-0.3, -0.25) is 4.79 Å². The average Bonchev–Trinajstić information content (AvgIpc) is 2.57. The quantitative estimate of drug-likeness (QED) is 0.718. The van der Waals surface area contributed by atoms with Gasteiger partial charge >= 0.3 is 0 Å². The van der Waals surface area contributed by atoms with Gasteiger partial charge in [-0.05, 0) is 54.8 Å². The molecule has 126 valence electrons. The van der Waals surface area contributed by atoms with Crippen molar-refractivity contribution in [2.24, 2.45) is 0 Å². The van der Waals surface area contributed by atoms with Crippen LogP contribution in [0.5, 0.6) is 0 Å². The minimum Gasteiger partial charge on any atom is -0.327 e. The van der Waals surface area contributed by atoms with Gasteiger partial charge in [0.1, 0.15) is 17.8 Å². The molecule has 2 aromatic rings. The van der Waals surface area contributed by atoms with Crippen molar-refractivity contribution < 1.29 is 4.79 Å². The van der Waals surface area contributed by atoms with Crippen LogP contribution in [0.2, 0.25) is 0 Å². The van der Waals surface area contributed by atoms with E-state index in [1.807, 2.05) is 67.3 Å². The Morgan fingerprint density at radius 2 is 1.96 bits per heavy atom. The third-order valence-electron chi connectivity index (χ3n) is 4.25. The monoisotopic (exact) mass is 413 g/mol. The first-order valence-electron chi connectivity index (χ1n) is 7.68. The summed E-state index contributed by atoms with van der Waals surface area (Å²) in [5.41, 5.74) is 4.07. The highest BCUT2D eigenvalue weighted by atomic mass is 79.9. The van der Waals surface area contributed by atoms with Crippen molar-refractivity contribution in [2.75, 3.05) is 4.90 Å². The van der Waals surface area contributed by atoms with E-state index in [4.69, 9.17) is 0 Å². The van der Waals surface area contributed by atoms with Gasteiger partial charge in [-0.2, -0.15) is 5.26 Å². The normalized spacial score (nSPS) is 17.3. The van der Waals surface area contributed by atoms with E-state index in [1.165, 1.54) is 5.56 Å². The highest BCUT2D eigenvalue weighted by molar-refractivity contribution is 9.10. The van der Waals surface area contributed by atoms with Gasteiger partial charge in [0.2, 0.25) is 0 Å². The van der Waals surface area contributed by atoms with Crippen molar-refractivity contribution in [3.05, 3.63) is 74.2 Å². The molecule has 1 N–H and O–H groups in total. The van der Waals surface area contributed by atoms with Crippen LogP contribution in [-0.4, -0.2) is 5.91 Å². The van der Waals surface area contributed by atoms with Crippen molar-refractivity contribution in [2.45, 2.75) is 20.0 Å². The number of amides is 1. The lowest BCUT2D eigenvalue weighted by Crippen LogP contribution is -2.46. The van der Waals surface area contributed by atoms with E-state index in [0.717, 1.165) is 21.3 Å². The first-order chi connectivity index (χ1) is 11.9. The Bertz CT molecular complexity index is 933. The molecule has 0 aromatic heterocycles. The summed E-state index contributed by atoms with van der Waals surface area (Å²) in [6.07, 6.45) is -0.447. The molecule has 0 spiro atoms. The average molecular weight is 414 g/mol. The van der Waals surface area contributed by atoms with Gasteiger partial charge in [-0.15, -0.1) is 12.6 Å². The summed E-state index contributed by atoms with van der Waals surface area (Å²) in [5, 5.41) is 12.6. The van der Waals surface area contributed by atoms with E-state index in [0.29, 0.717) is 5.03 Å². The largest absolute Gasteiger partial charge is 0.327 e. The summed E-state index contributed by atoms with van der Waals surface area (Å²) in [6, 6.07) is 15.7. The Balaban J connectivity index is 2.19. The third-order valence-corrected chi connectivity index (χ3v) is 5.18. The molecule has 6 heteroatoms. The molecular weight excluding hydrogens is 398 g/mol. The standard InChI is InChI=1S/C19H16BrN3OS/c1-11-6-7-15(8-12(11)2)23-17(13-4-3-5-14(20)9-13)22-18(24)16(10-21)19(23)25/h3-9,17,25H,1-2H3,(H,22,24). The van der Waals surface area contributed by atoms with E-state index in [9.17, 15) is 10.1 Å². The lowest BCUT2D eigenvalue weighted by Gasteiger charge is -2.38. The Morgan fingerprint density at radius 1 is 1.20 bits per heavy atom. The number of nitrogens with zero attached hydrogens (tertiary/aromatic N) is 2. The minimum absolute atomic E-state index is 0.00723. The molecule has 0 bridgehead atoms. The predicted molar refractivity (Wildman–Crippen MR) is 105 cm³/mol. The van der Waals surface area contributed by atoms with Crippen LogP contribution in [0.1, 0.15) is 22.9 Å². The van der Waals surface area contributed by atoms with Crippen molar-refractivity contribution in [3.63, 3.8) is 0 Å². The van der Waals surface area contributed by atoms with Crippen LogP contribution in [0.25, 0.3) is 0 Å². The number of aryl methyl sites for hydroxylation is 2. The molecule has 1 unspecified atom stereocenters. The lowest BCUT2D eigenvalue weighted by molar-refractivity contribution is -0.118. The summed E-state index contributed by atoms with van der Waals surface area (Å²) < 4.78 is 0.912. The zero-order chi connectivity index (χ0) is 18.1. The van der Waals surface area contributed by atoms with Crippen LogP contribution in [0.15, 0.2) is 57.5 Å². The number of benzene rings is 2. The summed E-state index contributed by atoms with van der Waals surface area (Å²) in [6.45, 7) is 4.07. The summed E-state index contributed by atoms with van der Waals surface area (Å²) in [4.78, 5) is 14.2. The fourth-order valence-electron chi connectivity index (χ4n) is 2.76. The minimum atomic E-state index is -0.447. The zero-order valence-corrected chi connectivity index (χ0v) is 16.2. The number of halogens is 1. The second kappa shape index (κ2) is 6.95. The molecule has 1 atom stereocenters. The fourth-order valence-corrected chi connectivity index (χ4v) is 3.56. The van der Waals surface area contributed by atoms with Crippen molar-refractivity contribution >= 4 is 40.2 Å². The molecule has 0 saturated carbocycles. The van der Waals surface area contributed by atoms with Crippen molar-refractivity contribution in [3.8, 4) is 6.07 Å². The lowest BCUT2D eigenvalue weighted by atomic mass is 10.0. The van der Waals surface area contributed by atoms with E-state index in [-0.39, 0.29) is 5.57 Å². The number of hydrogen-bond acceptors (Lipinski definition) is 4. The number of nitriles is 1. The number of carbonyl (C=O) groups excluding carboxylic acids is 1. The van der Waals surface area contributed by atoms with Gasteiger partial charge in [0.05, 0.1) is 5.03 Å². The predicted octanol–water partition coefficient (Wildman–Crippen LogP) is 4.37. The molecule has 1 aliphatic heterocycles. The Labute approximate surface area is 160 Å². The van der Waals surface area contributed by atoms with Gasteiger partial charge in [0.25, 0.3) is 5.91 Å². The first kappa shape index (κ1) is 17.6. The molecule has 4 nitrogen and oxygen atoms in total. The number of thiol groups is 1. The van der Waals surface area contributed by atoms with Gasteiger partial charge in [0, 0.05) is 10.2 Å². The molecule has 0 saturated heterocycles. The van der Waals surface area contributed by atoms with Crippen LogP contribution >= 0.6 is 28.6 Å². The summed E-state index contributed by atoms with van der Waals surface area (Å²) in [5.74, 6) is -0.419. The highest BCUT2D eigenvalue weighted by Gasteiger charge is 2.34. The number of nitrogens with one attached hydrogen (secondary N) is 1. The van der Waals surface area contributed by atoms with E-state index >= 15 is 0 Å². The van der Waals surface area contributed by atoms with E-state index in [2.05, 4.69) is 33.9 Å². The SMILES string of the molecule is Cc1ccc(N2C(S)=C(C#N)C(=O)NC2c2cccc(Br)c2)cc1C. The van der Waals surface area contributed by atoms with E-state index in [1.54, 1.807) is 0 Å². The number of carbonyl (C=O) groups is 1. The van der Waals surface area contributed by atoms with Crippen molar-refractivity contribution in [1.29, 1.82) is 5.26 Å². The third kappa shape index (κ3) is 3.30. The Hall–Kier alpha value is -2.23. The maximum atomic E-state index is 12.3. The Morgan fingerprint density at radius 3 is 2.60 bits per heavy atom. The van der Waals surface area contributed by atoms with Crippen LogP contribution in [0.4, 0.5) is 5.69 Å². The molecular formula is C19H16BrN3OS. The van der Waals surface area contributed by atoms with Crippen LogP contribution in [0, 0.1) is 25.2 Å². The smallest absolute Gasteiger partial charge is 0.266 e. The second-order valence-corrected chi connectivity index (χ2v) is 7.22. The second-order valence-electron chi connectivity index (χ2n) is 5.88. The van der Waals surface area contributed by atoms with Crippen LogP contribution in [-0.2, 0) is 4.79 Å². The molecule has 25 heavy (non-hydrogen) atoms. The van der Waals surface area contributed by atoms with E-state index < -0.39 is 12.1 Å². The summed E-state index contributed by atoms with van der Waals surface area (Å²) in [7, 11) is 0. The highest BCUT2D eigenvalue weighted by Crippen LogP contribution is 2.36. The van der Waals surface area contributed by atoms with Crippen molar-refractivity contribution in [1.82, 2.24) is 5.32 Å². The molecule has 1 amide bonds.